The molecule has 5 heteroatoms. The van der Waals surface area contributed by atoms with Crippen LogP contribution in [0.25, 0.3) is 0 Å². The van der Waals surface area contributed by atoms with E-state index in [-0.39, 0.29) is 0 Å². The summed E-state index contributed by atoms with van der Waals surface area (Å²) in [6, 6.07) is 0. The van der Waals surface area contributed by atoms with Crippen molar-refractivity contribution in [1.82, 2.24) is 0 Å². The Labute approximate surface area is 72.0 Å². The predicted octanol–water partition coefficient (Wildman–Crippen LogP) is 1.15. The number of unbranched alkanes of at least 4 members (excludes halogenated alkanes) is 2. The second-order valence-electron chi connectivity index (χ2n) is 2.34. The Morgan fingerprint density at radius 2 is 2.08 bits per heavy atom. The summed E-state index contributed by atoms with van der Waals surface area (Å²) in [4.78, 5) is 10.5. The normalized spacial score (nSPS) is 12.2. The van der Waals surface area contributed by atoms with Crippen LogP contribution in [0.4, 0.5) is 0 Å². The molecule has 0 saturated heterocycles. The zero-order chi connectivity index (χ0) is 9.61. The van der Waals surface area contributed by atoms with Crippen molar-refractivity contribution < 1.29 is 17.8 Å². The number of hydrogen-bond acceptors (Lipinski definition) is 3. The molecule has 0 rings (SSSR count). The fourth-order valence-electron chi connectivity index (χ4n) is 0.588. The molecule has 0 bridgehead atoms. The Kier molecular flexibility index (Phi) is 4.77. The number of allylic oxidation sites excluding steroid dienone is 1. The quantitative estimate of drug-likeness (QED) is 0.412. The van der Waals surface area contributed by atoms with Crippen LogP contribution in [-0.4, -0.2) is 18.1 Å². The van der Waals surface area contributed by atoms with E-state index in [0.717, 1.165) is 18.9 Å². The Morgan fingerprint density at radius 1 is 1.50 bits per heavy atom. The van der Waals surface area contributed by atoms with Crippen LogP contribution in [-0.2, 0) is 14.9 Å². The largest absolute Gasteiger partial charge is 0.332 e. The Balaban J connectivity index is 3.94. The molecular weight excluding hydrogens is 180 g/mol. The number of hydrogen-bond donors (Lipinski definition) is 1. The standard InChI is InChI=1S/C7H12O4S/c1-2-3-4-5-6-7(8)12(9,10)11/h5-6H,2-4H2,1H3,(H,9,10,11). The zero-order valence-corrected chi connectivity index (χ0v) is 7.67. The van der Waals surface area contributed by atoms with Gasteiger partial charge in [-0.25, -0.2) is 0 Å². The molecule has 0 radical (unpaired) electrons. The zero-order valence-electron chi connectivity index (χ0n) is 6.86. The molecule has 1 N–H and O–H groups in total. The van der Waals surface area contributed by atoms with Gasteiger partial charge in [-0.05, 0) is 12.5 Å². The lowest BCUT2D eigenvalue weighted by Crippen LogP contribution is -2.09. The molecule has 0 aliphatic heterocycles. The molecule has 0 aromatic carbocycles. The van der Waals surface area contributed by atoms with E-state index in [9.17, 15) is 13.2 Å². The summed E-state index contributed by atoms with van der Waals surface area (Å²) in [6.07, 6.45) is 4.85. The second-order valence-corrected chi connectivity index (χ2v) is 3.69. The Bertz CT molecular complexity index is 263. The van der Waals surface area contributed by atoms with E-state index in [2.05, 4.69) is 0 Å². The summed E-state index contributed by atoms with van der Waals surface area (Å²) in [5.41, 5.74) is 0. The first-order valence-corrected chi connectivity index (χ1v) is 5.10. The van der Waals surface area contributed by atoms with Crippen molar-refractivity contribution in [2.75, 3.05) is 0 Å². The van der Waals surface area contributed by atoms with Crippen molar-refractivity contribution in [3.63, 3.8) is 0 Å². The van der Waals surface area contributed by atoms with Crippen LogP contribution in [0.15, 0.2) is 12.2 Å². The van der Waals surface area contributed by atoms with E-state index in [1.807, 2.05) is 6.92 Å². The van der Waals surface area contributed by atoms with Crippen LogP contribution in [0.3, 0.4) is 0 Å². The highest BCUT2D eigenvalue weighted by atomic mass is 32.2. The molecule has 4 nitrogen and oxygen atoms in total. The van der Waals surface area contributed by atoms with E-state index in [4.69, 9.17) is 4.55 Å². The molecular formula is C7H12O4S. The molecule has 0 heterocycles. The highest BCUT2D eigenvalue weighted by Crippen LogP contribution is 1.96. The minimum absolute atomic E-state index is 0.651. The van der Waals surface area contributed by atoms with Crippen molar-refractivity contribution in [3.05, 3.63) is 12.2 Å². The van der Waals surface area contributed by atoms with Gasteiger partial charge in [-0.3, -0.25) is 9.35 Å². The van der Waals surface area contributed by atoms with Crippen LogP contribution < -0.4 is 0 Å². The molecule has 0 aromatic rings. The van der Waals surface area contributed by atoms with Gasteiger partial charge < -0.3 is 0 Å². The molecule has 0 saturated carbocycles. The smallest absolute Gasteiger partial charge is 0.279 e. The lowest BCUT2D eigenvalue weighted by molar-refractivity contribution is -0.108. The van der Waals surface area contributed by atoms with Gasteiger partial charge in [-0.1, -0.05) is 25.8 Å². The first-order chi connectivity index (χ1) is 5.48. The Morgan fingerprint density at radius 3 is 2.50 bits per heavy atom. The van der Waals surface area contributed by atoms with Crippen LogP contribution in [0, 0.1) is 0 Å². The SMILES string of the molecule is CCCCC=CC(=O)S(=O)(=O)O. The minimum atomic E-state index is -4.52. The van der Waals surface area contributed by atoms with Crippen molar-refractivity contribution >= 4 is 15.2 Å². The molecule has 0 fully saturated rings. The molecule has 0 atom stereocenters. The third-order valence-electron chi connectivity index (χ3n) is 1.23. The van der Waals surface area contributed by atoms with E-state index < -0.39 is 15.2 Å². The van der Waals surface area contributed by atoms with Crippen LogP contribution in [0.2, 0.25) is 0 Å². The van der Waals surface area contributed by atoms with Crippen molar-refractivity contribution in [1.29, 1.82) is 0 Å². The van der Waals surface area contributed by atoms with E-state index in [1.54, 1.807) is 0 Å². The average Bonchev–Trinajstić information content (AvgIpc) is 1.96. The lowest BCUT2D eigenvalue weighted by atomic mass is 10.2. The van der Waals surface area contributed by atoms with Gasteiger partial charge in [-0.15, -0.1) is 0 Å². The summed E-state index contributed by atoms with van der Waals surface area (Å²) in [5, 5.41) is -1.25. The fourth-order valence-corrected chi connectivity index (χ4v) is 0.856. The van der Waals surface area contributed by atoms with Gasteiger partial charge in [0.2, 0.25) is 0 Å². The number of carbonyl (C=O) groups excluding carboxylic acids is 1. The Hall–Kier alpha value is -0.680. The fraction of sp³-hybridized carbons (Fsp3) is 0.571. The minimum Gasteiger partial charge on any atom is -0.279 e. The molecule has 0 amide bonds. The van der Waals surface area contributed by atoms with Gasteiger partial charge >= 0.3 is 10.1 Å². The first kappa shape index (κ1) is 11.3. The van der Waals surface area contributed by atoms with Gasteiger partial charge in [0.25, 0.3) is 5.12 Å². The van der Waals surface area contributed by atoms with Gasteiger partial charge in [0, 0.05) is 0 Å². The van der Waals surface area contributed by atoms with Crippen LogP contribution in [0.5, 0.6) is 0 Å². The van der Waals surface area contributed by atoms with Crippen molar-refractivity contribution in [3.8, 4) is 0 Å². The van der Waals surface area contributed by atoms with Crippen LogP contribution >= 0.6 is 0 Å². The summed E-state index contributed by atoms with van der Waals surface area (Å²) >= 11 is 0. The second kappa shape index (κ2) is 5.05. The topological polar surface area (TPSA) is 71.4 Å². The van der Waals surface area contributed by atoms with Crippen LogP contribution in [0.1, 0.15) is 26.2 Å². The molecule has 0 aliphatic rings. The van der Waals surface area contributed by atoms with Crippen molar-refractivity contribution in [2.45, 2.75) is 26.2 Å². The third kappa shape index (κ3) is 5.03. The molecule has 0 aliphatic carbocycles. The molecule has 70 valence electrons. The summed E-state index contributed by atoms with van der Waals surface area (Å²) < 4.78 is 28.5. The first-order valence-electron chi connectivity index (χ1n) is 3.66. The predicted molar refractivity (Wildman–Crippen MR) is 45.2 cm³/mol. The lowest BCUT2D eigenvalue weighted by Gasteiger charge is -1.88. The summed E-state index contributed by atoms with van der Waals surface area (Å²) in [7, 11) is -4.52. The maximum atomic E-state index is 10.5. The highest BCUT2D eigenvalue weighted by molar-refractivity contribution is 8.01. The van der Waals surface area contributed by atoms with Gasteiger partial charge in [0.05, 0.1) is 0 Å². The van der Waals surface area contributed by atoms with Gasteiger partial charge in [-0.2, -0.15) is 8.42 Å². The van der Waals surface area contributed by atoms with E-state index in [1.165, 1.54) is 6.08 Å². The number of rotatable bonds is 4. The van der Waals surface area contributed by atoms with E-state index >= 15 is 0 Å². The highest BCUT2D eigenvalue weighted by Gasteiger charge is 2.13. The van der Waals surface area contributed by atoms with E-state index in [0.29, 0.717) is 6.42 Å². The van der Waals surface area contributed by atoms with Gasteiger partial charge in [0.15, 0.2) is 0 Å². The average molecular weight is 192 g/mol. The maximum Gasteiger partial charge on any atom is 0.332 e. The third-order valence-corrected chi connectivity index (χ3v) is 1.88. The summed E-state index contributed by atoms with van der Waals surface area (Å²) in [6.45, 7) is 1.98. The molecule has 12 heavy (non-hydrogen) atoms. The maximum absolute atomic E-state index is 10.5. The molecule has 0 spiro atoms. The molecule has 0 aromatic heterocycles. The van der Waals surface area contributed by atoms with Gasteiger partial charge in [0.1, 0.15) is 0 Å². The summed E-state index contributed by atoms with van der Waals surface area (Å²) in [5.74, 6) is 0. The number of carbonyl (C=O) groups is 1. The monoisotopic (exact) mass is 192 g/mol. The van der Waals surface area contributed by atoms with Crippen molar-refractivity contribution in [2.24, 2.45) is 0 Å². The molecule has 0 unspecified atom stereocenters.